The minimum atomic E-state index is -0.369. The zero-order valence-electron chi connectivity index (χ0n) is 23.2. The van der Waals surface area contributed by atoms with Gasteiger partial charge in [0.2, 0.25) is 5.82 Å². The summed E-state index contributed by atoms with van der Waals surface area (Å²) in [6, 6.07) is 1.50. The average molecular weight is 534 g/mol. The molecule has 10 rings (SSSR count). The molecule has 0 spiro atoms. The molecule has 210 valence electrons. The quantitative estimate of drug-likeness (QED) is 0.485. The number of amides is 3. The SMILES string of the molecule is O=C(NC12CCC(CC1)CC2)c1cc(C(=O)NC23CCC(CC2)CC3)nc(C(=O)NC23CCC(CC2)CC3)n1. The molecule has 0 saturated heterocycles. The predicted molar refractivity (Wildman–Crippen MR) is 146 cm³/mol. The average Bonchev–Trinajstić information content (AvgIpc) is 2.99. The van der Waals surface area contributed by atoms with Crippen LogP contribution in [0, 0.1) is 17.8 Å². The molecule has 0 aromatic carbocycles. The number of nitrogens with zero attached hydrogens (tertiary/aromatic N) is 2. The van der Waals surface area contributed by atoms with Crippen molar-refractivity contribution in [2.75, 3.05) is 0 Å². The largest absolute Gasteiger partial charge is 0.345 e. The Labute approximate surface area is 231 Å². The lowest BCUT2D eigenvalue weighted by atomic mass is 9.66. The topological polar surface area (TPSA) is 113 Å². The van der Waals surface area contributed by atoms with Gasteiger partial charge in [-0.3, -0.25) is 14.4 Å². The number of aromatic nitrogens is 2. The molecule has 0 radical (unpaired) electrons. The van der Waals surface area contributed by atoms with Crippen molar-refractivity contribution in [3.05, 3.63) is 23.3 Å². The Kier molecular flexibility index (Phi) is 6.23. The van der Waals surface area contributed by atoms with Crippen molar-refractivity contribution in [3.8, 4) is 0 Å². The maximum atomic E-state index is 13.6. The van der Waals surface area contributed by atoms with E-state index < -0.39 is 0 Å². The van der Waals surface area contributed by atoms with Gasteiger partial charge < -0.3 is 16.0 Å². The summed E-state index contributed by atoms with van der Waals surface area (Å²) in [4.78, 5) is 49.8. The maximum absolute atomic E-state index is 13.6. The normalized spacial score (nSPS) is 38.3. The Balaban J connectivity index is 1.16. The zero-order chi connectivity index (χ0) is 26.7. The van der Waals surface area contributed by atoms with E-state index in [1.54, 1.807) is 0 Å². The van der Waals surface area contributed by atoms with E-state index in [1.807, 2.05) is 0 Å². The Morgan fingerprint density at radius 1 is 0.513 bits per heavy atom. The van der Waals surface area contributed by atoms with Gasteiger partial charge in [0.15, 0.2) is 0 Å². The third-order valence-corrected chi connectivity index (χ3v) is 11.8. The summed E-state index contributed by atoms with van der Waals surface area (Å²) in [5, 5.41) is 9.83. The van der Waals surface area contributed by atoms with Gasteiger partial charge in [-0.05, 0) is 133 Å². The molecule has 0 atom stereocenters. The van der Waals surface area contributed by atoms with Crippen molar-refractivity contribution in [2.24, 2.45) is 17.8 Å². The minimum absolute atomic E-state index is 0.0652. The Hall–Kier alpha value is -2.51. The van der Waals surface area contributed by atoms with E-state index in [-0.39, 0.29) is 51.6 Å². The van der Waals surface area contributed by atoms with E-state index in [0.717, 1.165) is 133 Å². The molecule has 3 amide bonds. The van der Waals surface area contributed by atoms with Crippen LogP contribution in [0.15, 0.2) is 6.07 Å². The van der Waals surface area contributed by atoms with E-state index in [2.05, 4.69) is 25.9 Å². The summed E-state index contributed by atoms with van der Waals surface area (Å²) < 4.78 is 0. The lowest BCUT2D eigenvalue weighted by Crippen LogP contribution is -2.55. The second-order valence-corrected chi connectivity index (χ2v) is 14.1. The lowest BCUT2D eigenvalue weighted by Gasteiger charge is -2.47. The van der Waals surface area contributed by atoms with Crippen LogP contribution in [0.4, 0.5) is 0 Å². The number of hydrogen-bond donors (Lipinski definition) is 3. The highest BCUT2D eigenvalue weighted by Crippen LogP contribution is 2.46. The number of fused-ring (bicyclic) bond motifs is 9. The van der Waals surface area contributed by atoms with Crippen LogP contribution < -0.4 is 16.0 Å². The third-order valence-electron chi connectivity index (χ3n) is 11.8. The van der Waals surface area contributed by atoms with Crippen LogP contribution in [0.25, 0.3) is 0 Å². The highest BCUT2D eigenvalue weighted by atomic mass is 16.2. The van der Waals surface area contributed by atoms with Gasteiger partial charge in [0.25, 0.3) is 17.7 Å². The van der Waals surface area contributed by atoms with E-state index in [0.29, 0.717) is 0 Å². The van der Waals surface area contributed by atoms with E-state index >= 15 is 0 Å². The molecule has 9 aliphatic carbocycles. The molecular weight excluding hydrogens is 490 g/mol. The van der Waals surface area contributed by atoms with Gasteiger partial charge in [-0.2, -0.15) is 0 Å². The summed E-state index contributed by atoms with van der Waals surface area (Å²) in [7, 11) is 0. The van der Waals surface area contributed by atoms with E-state index in [9.17, 15) is 14.4 Å². The van der Waals surface area contributed by atoms with Crippen LogP contribution in [0.5, 0.6) is 0 Å². The Bertz CT molecular complexity index is 960. The fourth-order valence-electron chi connectivity index (χ4n) is 9.00. The molecule has 3 N–H and O–H groups in total. The zero-order valence-corrected chi connectivity index (χ0v) is 23.2. The highest BCUT2D eigenvalue weighted by Gasteiger charge is 2.44. The molecule has 9 aliphatic rings. The maximum Gasteiger partial charge on any atom is 0.289 e. The first kappa shape index (κ1) is 25.5. The second kappa shape index (κ2) is 9.55. The van der Waals surface area contributed by atoms with Crippen molar-refractivity contribution in [1.29, 1.82) is 0 Å². The number of nitrogens with one attached hydrogen (secondary N) is 3. The molecule has 9 fully saturated rings. The fourth-order valence-corrected chi connectivity index (χ4v) is 9.00. The first-order valence-electron chi connectivity index (χ1n) is 15.7. The molecule has 1 aromatic heterocycles. The van der Waals surface area contributed by atoms with Crippen LogP contribution in [0.1, 0.15) is 147 Å². The van der Waals surface area contributed by atoms with Crippen LogP contribution in [0.2, 0.25) is 0 Å². The predicted octanol–water partition coefficient (Wildman–Crippen LogP) is 4.83. The van der Waals surface area contributed by atoms with Gasteiger partial charge in [-0.1, -0.05) is 0 Å². The number of rotatable bonds is 6. The molecule has 8 nitrogen and oxygen atoms in total. The molecule has 6 bridgehead atoms. The minimum Gasteiger partial charge on any atom is -0.345 e. The Morgan fingerprint density at radius 3 is 1.10 bits per heavy atom. The monoisotopic (exact) mass is 533 g/mol. The molecule has 8 heteroatoms. The number of hydrogen-bond acceptors (Lipinski definition) is 5. The first-order chi connectivity index (χ1) is 18.8. The molecule has 1 aromatic rings. The highest BCUT2D eigenvalue weighted by molar-refractivity contribution is 6.00. The van der Waals surface area contributed by atoms with E-state index in [4.69, 9.17) is 0 Å². The van der Waals surface area contributed by atoms with Crippen molar-refractivity contribution in [3.63, 3.8) is 0 Å². The lowest BCUT2D eigenvalue weighted by molar-refractivity contribution is 0.0699. The number of carbonyl (C=O) groups excluding carboxylic acids is 3. The third kappa shape index (κ3) is 4.86. The second-order valence-electron chi connectivity index (χ2n) is 14.1. The molecule has 9 saturated carbocycles. The van der Waals surface area contributed by atoms with Crippen molar-refractivity contribution in [2.45, 2.75) is 132 Å². The molecule has 0 aliphatic heterocycles. The molecule has 39 heavy (non-hydrogen) atoms. The summed E-state index contributed by atoms with van der Waals surface area (Å²) in [5.41, 5.74) is -0.355. The van der Waals surface area contributed by atoms with E-state index in [1.165, 1.54) is 6.07 Å². The van der Waals surface area contributed by atoms with Gasteiger partial charge in [-0.25, -0.2) is 9.97 Å². The fraction of sp³-hybridized carbons (Fsp3) is 0.774. The van der Waals surface area contributed by atoms with Gasteiger partial charge in [0, 0.05) is 22.7 Å². The summed E-state index contributed by atoms with van der Waals surface area (Å²) in [6.07, 6.45) is 19.2. The first-order valence-corrected chi connectivity index (χ1v) is 15.7. The summed E-state index contributed by atoms with van der Waals surface area (Å²) in [5.74, 6) is 1.33. The van der Waals surface area contributed by atoms with Gasteiger partial charge in [0.05, 0.1) is 0 Å². The molecule has 0 unspecified atom stereocenters. The Morgan fingerprint density at radius 2 is 0.795 bits per heavy atom. The molecular formula is C31H43N5O3. The van der Waals surface area contributed by atoms with Crippen LogP contribution >= 0.6 is 0 Å². The summed E-state index contributed by atoms with van der Waals surface area (Å²) in [6.45, 7) is 0. The van der Waals surface area contributed by atoms with Crippen molar-refractivity contribution in [1.82, 2.24) is 25.9 Å². The molecule has 1 heterocycles. The van der Waals surface area contributed by atoms with Crippen LogP contribution in [-0.2, 0) is 0 Å². The van der Waals surface area contributed by atoms with Gasteiger partial charge in [-0.15, -0.1) is 0 Å². The van der Waals surface area contributed by atoms with Gasteiger partial charge in [0.1, 0.15) is 11.4 Å². The van der Waals surface area contributed by atoms with Gasteiger partial charge >= 0.3 is 0 Å². The van der Waals surface area contributed by atoms with Crippen molar-refractivity contribution < 1.29 is 14.4 Å². The van der Waals surface area contributed by atoms with Crippen molar-refractivity contribution >= 4 is 17.7 Å². The number of carbonyl (C=O) groups is 3. The van der Waals surface area contributed by atoms with Crippen LogP contribution in [-0.4, -0.2) is 44.3 Å². The summed E-state index contributed by atoms with van der Waals surface area (Å²) >= 11 is 0. The smallest absolute Gasteiger partial charge is 0.289 e. The standard InChI is InChI=1S/C31H43N5O3/c37-26(34-29-10-1-20(2-11-29)3-12-29)23-19-24(27(38)35-30-13-4-21(5-14-30)6-15-30)33-25(32-23)28(39)36-31-16-7-22(8-17-31)9-18-31/h19-22H,1-18H2,(H,34,37)(H,35,38)(H,36,39). The van der Waals surface area contributed by atoms with Crippen LogP contribution in [0.3, 0.4) is 0 Å².